The van der Waals surface area contributed by atoms with Crippen LogP contribution in [0, 0.1) is 5.92 Å². The number of rotatable bonds is 12. The molecule has 0 spiro atoms. The fourth-order valence-corrected chi connectivity index (χ4v) is 6.98. The Kier molecular flexibility index (Phi) is 11.0. The molecule has 0 bridgehead atoms. The zero-order valence-electron chi connectivity index (χ0n) is 26.9. The highest BCUT2D eigenvalue weighted by Gasteiger charge is 2.61. The van der Waals surface area contributed by atoms with E-state index >= 15 is 0 Å². The lowest BCUT2D eigenvalue weighted by molar-refractivity contribution is -0.304. The minimum absolute atomic E-state index is 0.00544. The van der Waals surface area contributed by atoms with Crippen LogP contribution in [0.25, 0.3) is 0 Å². The van der Waals surface area contributed by atoms with Crippen LogP contribution in [0.2, 0.25) is 0 Å². The molecule has 2 aliphatic heterocycles. The first-order chi connectivity index (χ1) is 22.1. The largest absolute Gasteiger partial charge is 0.467 e. The minimum Gasteiger partial charge on any atom is -0.467 e. The fourth-order valence-electron chi connectivity index (χ4n) is 6.98. The summed E-state index contributed by atoms with van der Waals surface area (Å²) in [6.45, 7) is 2.59. The third kappa shape index (κ3) is 8.00. The molecule has 2 heterocycles. The Bertz CT molecular complexity index is 1170. The summed E-state index contributed by atoms with van der Waals surface area (Å²) in [5.74, 6) is 0.126. The van der Waals surface area contributed by atoms with E-state index in [1.54, 1.807) is 7.05 Å². The van der Waals surface area contributed by atoms with Gasteiger partial charge >= 0.3 is 0 Å². The van der Waals surface area contributed by atoms with Gasteiger partial charge in [0.05, 0.1) is 37.3 Å². The monoisotopic (exact) mass is 671 g/mol. The van der Waals surface area contributed by atoms with Crippen molar-refractivity contribution in [2.45, 2.75) is 123 Å². The van der Waals surface area contributed by atoms with Crippen LogP contribution >= 0.6 is 0 Å². The van der Waals surface area contributed by atoms with Crippen LogP contribution < -0.4 is 44.6 Å². The third-order valence-electron chi connectivity index (χ3n) is 9.89. The normalized spacial score (nSPS) is 46.4. The van der Waals surface area contributed by atoms with Gasteiger partial charge in [0.15, 0.2) is 17.9 Å². The van der Waals surface area contributed by atoms with Crippen molar-refractivity contribution < 1.29 is 44.2 Å². The highest BCUT2D eigenvalue weighted by molar-refractivity contribution is 5.90. The molecule has 13 atom stereocenters. The summed E-state index contributed by atoms with van der Waals surface area (Å²) >= 11 is 0. The van der Waals surface area contributed by atoms with Crippen LogP contribution in [-0.2, 0) is 23.7 Å². The first-order valence-electron chi connectivity index (χ1n) is 16.3. The van der Waals surface area contributed by atoms with Gasteiger partial charge in [-0.1, -0.05) is 0 Å². The van der Waals surface area contributed by atoms with E-state index in [0.717, 1.165) is 19.4 Å². The molecule has 18 nitrogen and oxygen atoms in total. The number of nitrogens with zero attached hydrogens (tertiary/aromatic N) is 1. The molecule has 1 amide bonds. The number of nitrogens with one attached hydrogen (secondary N) is 3. The van der Waals surface area contributed by atoms with Crippen LogP contribution in [0.4, 0.5) is 0 Å². The number of amides is 1. The van der Waals surface area contributed by atoms with Crippen molar-refractivity contribution in [2.75, 3.05) is 26.7 Å². The quantitative estimate of drug-likeness (QED) is 0.0680. The van der Waals surface area contributed by atoms with Gasteiger partial charge in [-0.25, -0.2) is 4.99 Å². The predicted octanol–water partition coefficient (Wildman–Crippen LogP) is -5.55. The zero-order chi connectivity index (χ0) is 34.3. The SMILES string of the molecule is CN[C@@H]1[C@@H](O)[C@@H](O[C@@H]2[C@@H](O)[C@H](O[C@H]3OC(CNCC4CC(N)C4)=CC[C@H]3N)[C@@H](N)C[C@H]2NC(=O)C2(O)CC2N=C(N)N)OC[C@]1(C)O. The summed E-state index contributed by atoms with van der Waals surface area (Å²) in [6, 6.07) is -3.78. The summed E-state index contributed by atoms with van der Waals surface area (Å²) in [7, 11) is 1.57. The first kappa shape index (κ1) is 36.1. The zero-order valence-corrected chi connectivity index (χ0v) is 26.9. The summed E-state index contributed by atoms with van der Waals surface area (Å²) in [5.41, 5.74) is 26.3. The molecule has 5 rings (SSSR count). The van der Waals surface area contributed by atoms with Gasteiger partial charge in [0.2, 0.25) is 6.29 Å². The van der Waals surface area contributed by atoms with E-state index in [0.29, 0.717) is 24.6 Å². The average Bonchev–Trinajstić information content (AvgIpc) is 3.63. The van der Waals surface area contributed by atoms with Crippen molar-refractivity contribution in [2.24, 2.45) is 39.6 Å². The molecule has 0 aromatic carbocycles. The van der Waals surface area contributed by atoms with Crippen molar-refractivity contribution in [3.8, 4) is 0 Å². The summed E-state index contributed by atoms with van der Waals surface area (Å²) < 4.78 is 24.2. The molecule has 0 aromatic heterocycles. The van der Waals surface area contributed by atoms with Gasteiger partial charge < -0.3 is 84.0 Å². The lowest BCUT2D eigenvalue weighted by atomic mass is 9.81. The third-order valence-corrected chi connectivity index (χ3v) is 9.89. The molecule has 3 aliphatic carbocycles. The van der Waals surface area contributed by atoms with Crippen LogP contribution in [0.15, 0.2) is 16.8 Å². The molecule has 3 saturated carbocycles. The lowest BCUT2D eigenvalue weighted by Crippen LogP contribution is -2.69. The smallest absolute Gasteiger partial charge is 0.254 e. The van der Waals surface area contributed by atoms with Crippen LogP contribution in [0.3, 0.4) is 0 Å². The van der Waals surface area contributed by atoms with Gasteiger partial charge in [-0.05, 0) is 58.2 Å². The van der Waals surface area contributed by atoms with E-state index in [9.17, 15) is 25.2 Å². The first-order valence-corrected chi connectivity index (χ1v) is 16.3. The van der Waals surface area contributed by atoms with Gasteiger partial charge in [0.25, 0.3) is 5.91 Å². The van der Waals surface area contributed by atoms with E-state index in [4.69, 9.17) is 47.6 Å². The van der Waals surface area contributed by atoms with E-state index in [1.807, 2.05) is 6.08 Å². The van der Waals surface area contributed by atoms with E-state index in [1.165, 1.54) is 6.92 Å². The Morgan fingerprint density at radius 1 is 1.06 bits per heavy atom. The molecule has 5 aliphatic rings. The van der Waals surface area contributed by atoms with Crippen molar-refractivity contribution in [3.63, 3.8) is 0 Å². The van der Waals surface area contributed by atoms with Crippen molar-refractivity contribution in [1.29, 1.82) is 0 Å². The molecule has 0 radical (unpaired) electrons. The number of ether oxygens (including phenoxy) is 4. The topological polar surface area (TPSA) is 313 Å². The van der Waals surface area contributed by atoms with Gasteiger partial charge in [-0.15, -0.1) is 0 Å². The molecule has 18 heteroatoms. The maximum absolute atomic E-state index is 13.2. The van der Waals surface area contributed by atoms with Crippen molar-refractivity contribution in [3.05, 3.63) is 11.8 Å². The fraction of sp³-hybridized carbons (Fsp3) is 0.862. The molecule has 4 fully saturated rings. The molecule has 2 unspecified atom stereocenters. The maximum atomic E-state index is 13.2. The molecule has 17 N–H and O–H groups in total. The molecular formula is C29H53N9O9. The van der Waals surface area contributed by atoms with Gasteiger partial charge in [-0.3, -0.25) is 4.79 Å². The van der Waals surface area contributed by atoms with Crippen LogP contribution in [0.1, 0.15) is 39.0 Å². The number of guanidine groups is 1. The summed E-state index contributed by atoms with van der Waals surface area (Å²) in [5, 5.41) is 53.3. The number of aliphatic hydroxyl groups excluding tert-OH is 2. The Morgan fingerprint density at radius 2 is 1.77 bits per heavy atom. The van der Waals surface area contributed by atoms with E-state index in [-0.39, 0.29) is 31.4 Å². The number of aliphatic imine (C=N–C) groups is 1. The number of carbonyl (C=O) groups excluding carboxylic acids is 1. The molecule has 47 heavy (non-hydrogen) atoms. The summed E-state index contributed by atoms with van der Waals surface area (Å²) in [4.78, 5) is 17.1. The van der Waals surface area contributed by atoms with Crippen molar-refractivity contribution in [1.82, 2.24) is 16.0 Å². The van der Waals surface area contributed by atoms with E-state index in [2.05, 4.69) is 20.9 Å². The second-order valence-corrected chi connectivity index (χ2v) is 13.9. The van der Waals surface area contributed by atoms with Crippen LogP contribution in [0.5, 0.6) is 0 Å². The number of carbonyl (C=O) groups is 1. The molecule has 1 saturated heterocycles. The maximum Gasteiger partial charge on any atom is 0.254 e. The molecule has 0 aromatic rings. The Labute approximate surface area is 273 Å². The highest BCUT2D eigenvalue weighted by Crippen LogP contribution is 2.40. The number of nitrogens with two attached hydrogens (primary N) is 5. The number of aliphatic hydroxyl groups is 4. The molecular weight excluding hydrogens is 618 g/mol. The highest BCUT2D eigenvalue weighted by atomic mass is 16.7. The number of likely N-dealkylation sites (N-methyl/N-ethyl adjacent to an activating group) is 1. The lowest BCUT2D eigenvalue weighted by Gasteiger charge is -2.49. The second-order valence-electron chi connectivity index (χ2n) is 13.9. The van der Waals surface area contributed by atoms with Gasteiger partial charge in [0.1, 0.15) is 35.8 Å². The molecule has 268 valence electrons. The summed E-state index contributed by atoms with van der Waals surface area (Å²) in [6.07, 6.45) is -3.08. The van der Waals surface area contributed by atoms with Gasteiger partial charge in [-0.2, -0.15) is 0 Å². The minimum atomic E-state index is -1.86. The number of hydrogen-bond donors (Lipinski definition) is 12. The van der Waals surface area contributed by atoms with Crippen LogP contribution in [-0.4, -0.2) is 143 Å². The predicted molar refractivity (Wildman–Crippen MR) is 168 cm³/mol. The second kappa shape index (κ2) is 14.3. The Morgan fingerprint density at radius 3 is 2.43 bits per heavy atom. The van der Waals surface area contributed by atoms with Gasteiger partial charge in [0, 0.05) is 18.5 Å². The average molecular weight is 672 g/mol. The Balaban J connectivity index is 1.28. The standard InChI is InChI=1S/C29H53N9O9/c1-28(42)11-44-25(20(40)23(28)35-2)47-22-17(37-26(41)29(43)8-18(29)38-27(33)34)7-16(32)21(19(22)39)46-24-15(31)4-3-14(45-24)10-36-9-12-5-13(30)6-12/h3,12-13,15-25,35-36,39-40,42-43H,4-11,30-32H2,1-2H3,(H,37,41)(H4,33,34,38)/t12?,13?,15-,16+,17-,18?,19+,20-,21-,22+,23-,24-,25-,28+,29?/m1/s1. The number of hydrogen-bond acceptors (Lipinski definition) is 15. The Hall–Kier alpha value is -2.20. The van der Waals surface area contributed by atoms with E-state index < -0.39 is 84.3 Å². The van der Waals surface area contributed by atoms with Crippen molar-refractivity contribution >= 4 is 11.9 Å².